The molecule has 0 aliphatic heterocycles. The van der Waals surface area contributed by atoms with Crippen LogP contribution in [0.4, 0.5) is 0 Å². The van der Waals surface area contributed by atoms with Crippen molar-refractivity contribution in [2.24, 2.45) is 5.73 Å². The van der Waals surface area contributed by atoms with Gasteiger partial charge in [0.05, 0.1) is 12.2 Å². The lowest BCUT2D eigenvalue weighted by molar-refractivity contribution is -0.136. The van der Waals surface area contributed by atoms with Gasteiger partial charge in [-0.1, -0.05) is 0 Å². The van der Waals surface area contributed by atoms with Crippen LogP contribution in [0.1, 0.15) is 20.8 Å². The van der Waals surface area contributed by atoms with Gasteiger partial charge in [-0.25, -0.2) is 0 Å². The minimum atomic E-state index is -0.904. The van der Waals surface area contributed by atoms with E-state index in [1.165, 1.54) is 12.0 Å². The van der Waals surface area contributed by atoms with E-state index in [4.69, 9.17) is 10.5 Å². The monoisotopic (exact) mass is 218 g/mol. The zero-order valence-electron chi connectivity index (χ0n) is 9.99. The first-order chi connectivity index (χ1) is 6.81. The summed E-state index contributed by atoms with van der Waals surface area (Å²) in [5.41, 5.74) is 4.72. The van der Waals surface area contributed by atoms with E-state index < -0.39 is 11.6 Å². The van der Waals surface area contributed by atoms with Gasteiger partial charge in [-0.3, -0.25) is 4.79 Å². The Bertz CT molecular complexity index is 201. The van der Waals surface area contributed by atoms with E-state index in [0.29, 0.717) is 6.54 Å². The number of methoxy groups -OCH3 is 1. The van der Waals surface area contributed by atoms with Crippen LogP contribution in [0.15, 0.2) is 0 Å². The summed E-state index contributed by atoms with van der Waals surface area (Å²) in [7, 11) is 1.50. The molecule has 0 rings (SSSR count). The zero-order chi connectivity index (χ0) is 12.1. The van der Waals surface area contributed by atoms with Crippen LogP contribution in [0.3, 0.4) is 0 Å². The summed E-state index contributed by atoms with van der Waals surface area (Å²) >= 11 is 0. The molecule has 0 radical (unpaired) electrons. The van der Waals surface area contributed by atoms with E-state index in [9.17, 15) is 9.90 Å². The highest BCUT2D eigenvalue weighted by molar-refractivity contribution is 5.81. The van der Waals surface area contributed by atoms with Crippen molar-refractivity contribution in [1.29, 1.82) is 0 Å². The molecule has 0 fully saturated rings. The van der Waals surface area contributed by atoms with Crippen molar-refractivity contribution in [3.05, 3.63) is 0 Å². The molecule has 1 atom stereocenters. The van der Waals surface area contributed by atoms with Crippen LogP contribution in [0, 0.1) is 0 Å². The first kappa shape index (κ1) is 14.3. The third-order valence-corrected chi connectivity index (χ3v) is 1.93. The van der Waals surface area contributed by atoms with Gasteiger partial charge in [0.2, 0.25) is 5.91 Å². The summed E-state index contributed by atoms with van der Waals surface area (Å²) in [6.45, 7) is 6.17. The topological polar surface area (TPSA) is 75.8 Å². The van der Waals surface area contributed by atoms with Gasteiger partial charge in [0, 0.05) is 20.2 Å². The number of nitrogens with two attached hydrogens (primary N) is 1. The van der Waals surface area contributed by atoms with E-state index in [-0.39, 0.29) is 19.1 Å². The summed E-state index contributed by atoms with van der Waals surface area (Å²) < 4.78 is 4.81. The standard InChI is InChI=1S/C10H22N2O3/c1-5-12(7-10(2,3)14)9(13)8(11)6-15-4/h8,14H,5-7,11H2,1-4H3. The summed E-state index contributed by atoms with van der Waals surface area (Å²) in [5, 5.41) is 9.61. The van der Waals surface area contributed by atoms with Crippen LogP contribution < -0.4 is 5.73 Å². The van der Waals surface area contributed by atoms with Gasteiger partial charge in [0.1, 0.15) is 6.04 Å². The average Bonchev–Trinajstić information content (AvgIpc) is 2.12. The van der Waals surface area contributed by atoms with Crippen molar-refractivity contribution in [3.8, 4) is 0 Å². The van der Waals surface area contributed by atoms with Gasteiger partial charge in [0.15, 0.2) is 0 Å². The van der Waals surface area contributed by atoms with Gasteiger partial charge in [-0.2, -0.15) is 0 Å². The number of rotatable bonds is 6. The maximum atomic E-state index is 11.8. The van der Waals surface area contributed by atoms with Gasteiger partial charge < -0.3 is 20.5 Å². The van der Waals surface area contributed by atoms with Crippen molar-refractivity contribution in [2.45, 2.75) is 32.4 Å². The molecule has 0 aromatic carbocycles. The third-order valence-electron chi connectivity index (χ3n) is 1.93. The number of hydrogen-bond acceptors (Lipinski definition) is 4. The Morgan fingerprint density at radius 2 is 2.13 bits per heavy atom. The second-order valence-electron chi connectivity index (χ2n) is 4.23. The lowest BCUT2D eigenvalue weighted by Gasteiger charge is -2.29. The molecule has 0 aliphatic rings. The Morgan fingerprint density at radius 3 is 2.47 bits per heavy atom. The SMILES string of the molecule is CCN(CC(C)(C)O)C(=O)C(N)COC. The zero-order valence-corrected chi connectivity index (χ0v) is 9.99. The molecule has 1 amide bonds. The van der Waals surface area contributed by atoms with Crippen LogP contribution in [0.5, 0.6) is 0 Å². The van der Waals surface area contributed by atoms with E-state index >= 15 is 0 Å². The highest BCUT2D eigenvalue weighted by Crippen LogP contribution is 2.06. The number of nitrogens with zero attached hydrogens (tertiary/aromatic N) is 1. The molecule has 0 aromatic rings. The third kappa shape index (κ3) is 5.71. The number of aliphatic hydroxyl groups is 1. The molecule has 0 saturated heterocycles. The van der Waals surface area contributed by atoms with Crippen LogP contribution in [-0.2, 0) is 9.53 Å². The van der Waals surface area contributed by atoms with Crippen molar-refractivity contribution in [2.75, 3.05) is 26.8 Å². The fraction of sp³-hybridized carbons (Fsp3) is 0.900. The molecule has 0 spiro atoms. The normalized spacial score (nSPS) is 13.7. The maximum Gasteiger partial charge on any atom is 0.241 e. The van der Waals surface area contributed by atoms with Crippen molar-refractivity contribution >= 4 is 5.91 Å². The highest BCUT2D eigenvalue weighted by Gasteiger charge is 2.24. The molecule has 3 N–H and O–H groups in total. The number of amides is 1. The molecule has 90 valence electrons. The van der Waals surface area contributed by atoms with Gasteiger partial charge in [-0.05, 0) is 20.8 Å². The first-order valence-corrected chi connectivity index (χ1v) is 5.07. The molecule has 15 heavy (non-hydrogen) atoms. The predicted octanol–water partition coefficient (Wildman–Crippen LogP) is -0.420. The lowest BCUT2D eigenvalue weighted by Crippen LogP contribution is -2.50. The van der Waals surface area contributed by atoms with Crippen molar-refractivity contribution < 1.29 is 14.6 Å². The van der Waals surface area contributed by atoms with Gasteiger partial charge >= 0.3 is 0 Å². The number of hydrogen-bond donors (Lipinski definition) is 2. The molecule has 1 unspecified atom stereocenters. The maximum absolute atomic E-state index is 11.8. The number of carbonyl (C=O) groups excluding carboxylic acids is 1. The van der Waals surface area contributed by atoms with E-state index in [0.717, 1.165) is 0 Å². The van der Waals surface area contributed by atoms with Crippen LogP contribution in [-0.4, -0.2) is 54.4 Å². The van der Waals surface area contributed by atoms with Gasteiger partial charge in [0.25, 0.3) is 0 Å². The molecule has 5 nitrogen and oxygen atoms in total. The summed E-state index contributed by atoms with van der Waals surface area (Å²) in [6.07, 6.45) is 0. The van der Waals surface area contributed by atoms with E-state index in [1.54, 1.807) is 13.8 Å². The fourth-order valence-electron chi connectivity index (χ4n) is 1.30. The Morgan fingerprint density at radius 1 is 1.60 bits per heavy atom. The van der Waals surface area contributed by atoms with Crippen molar-refractivity contribution in [1.82, 2.24) is 4.90 Å². The largest absolute Gasteiger partial charge is 0.389 e. The van der Waals surface area contributed by atoms with Gasteiger partial charge in [-0.15, -0.1) is 0 Å². The van der Waals surface area contributed by atoms with E-state index in [1.807, 2.05) is 6.92 Å². The summed E-state index contributed by atoms with van der Waals surface area (Å²) in [4.78, 5) is 13.3. The van der Waals surface area contributed by atoms with Crippen LogP contribution >= 0.6 is 0 Å². The molecule has 0 aromatic heterocycles. The molecule has 0 aliphatic carbocycles. The molecule has 0 heterocycles. The lowest BCUT2D eigenvalue weighted by atomic mass is 10.1. The molecular formula is C10H22N2O3. The highest BCUT2D eigenvalue weighted by atomic mass is 16.5. The Kier molecular flexibility index (Phi) is 5.79. The smallest absolute Gasteiger partial charge is 0.241 e. The minimum absolute atomic E-state index is 0.193. The molecule has 0 saturated carbocycles. The number of likely N-dealkylation sites (N-methyl/N-ethyl adjacent to an activating group) is 1. The van der Waals surface area contributed by atoms with Crippen LogP contribution in [0.2, 0.25) is 0 Å². The van der Waals surface area contributed by atoms with Crippen LogP contribution in [0.25, 0.3) is 0 Å². The molecular weight excluding hydrogens is 196 g/mol. The Hall–Kier alpha value is -0.650. The quantitative estimate of drug-likeness (QED) is 0.635. The Balaban J connectivity index is 4.34. The number of ether oxygens (including phenoxy) is 1. The first-order valence-electron chi connectivity index (χ1n) is 5.07. The average molecular weight is 218 g/mol. The van der Waals surface area contributed by atoms with E-state index in [2.05, 4.69) is 0 Å². The Labute approximate surface area is 91.2 Å². The molecule has 5 heteroatoms. The fourth-order valence-corrected chi connectivity index (χ4v) is 1.30. The number of carbonyl (C=O) groups is 1. The molecule has 0 bridgehead atoms. The predicted molar refractivity (Wildman–Crippen MR) is 58.4 cm³/mol. The second kappa shape index (κ2) is 6.05. The second-order valence-corrected chi connectivity index (χ2v) is 4.23. The summed E-state index contributed by atoms with van der Waals surface area (Å²) in [6, 6.07) is -0.655. The van der Waals surface area contributed by atoms with Crippen molar-refractivity contribution in [3.63, 3.8) is 0 Å². The summed E-state index contributed by atoms with van der Waals surface area (Å²) in [5.74, 6) is -0.193. The minimum Gasteiger partial charge on any atom is -0.389 e.